The van der Waals surface area contributed by atoms with Crippen LogP contribution in [0.4, 0.5) is 17.1 Å². The fraction of sp³-hybridized carbons (Fsp3) is 0.462. The first-order chi connectivity index (χ1) is 17.1. The van der Waals surface area contributed by atoms with Gasteiger partial charge in [-0.2, -0.15) is 0 Å². The van der Waals surface area contributed by atoms with Gasteiger partial charge in [0.1, 0.15) is 12.4 Å². The van der Waals surface area contributed by atoms with E-state index in [0.717, 1.165) is 49.7 Å². The van der Waals surface area contributed by atoms with Gasteiger partial charge in [0.15, 0.2) is 0 Å². The predicted molar refractivity (Wildman–Crippen MR) is 138 cm³/mol. The van der Waals surface area contributed by atoms with E-state index in [1.807, 2.05) is 37.3 Å². The minimum atomic E-state index is -0.270. The molecule has 2 N–H and O–H groups in total. The molecule has 9 nitrogen and oxygen atoms in total. The van der Waals surface area contributed by atoms with Crippen LogP contribution in [0.1, 0.15) is 23.7 Å². The molecule has 0 radical (unpaired) electrons. The average molecular weight is 485 g/mol. The van der Waals surface area contributed by atoms with Crippen LogP contribution in [0, 0.1) is 0 Å². The first kappa shape index (κ1) is 26.3. The second kappa shape index (κ2) is 13.6. The van der Waals surface area contributed by atoms with Crippen LogP contribution >= 0.6 is 0 Å². The van der Waals surface area contributed by atoms with Gasteiger partial charge in [0.25, 0.3) is 5.91 Å². The number of benzene rings is 2. The number of ether oxygens (including phenoxy) is 3. The maximum atomic E-state index is 13.1. The summed E-state index contributed by atoms with van der Waals surface area (Å²) >= 11 is 0. The van der Waals surface area contributed by atoms with Crippen LogP contribution < -0.4 is 25.2 Å². The molecule has 35 heavy (non-hydrogen) atoms. The first-order valence-electron chi connectivity index (χ1n) is 12.0. The minimum absolute atomic E-state index is 0.0500. The molecular formula is C26H36N4O5. The van der Waals surface area contributed by atoms with Crippen LogP contribution in [0.3, 0.4) is 0 Å². The fourth-order valence-electron chi connectivity index (χ4n) is 4.09. The summed E-state index contributed by atoms with van der Waals surface area (Å²) in [5.41, 5.74) is 3.00. The van der Waals surface area contributed by atoms with Gasteiger partial charge >= 0.3 is 0 Å². The molecule has 0 aliphatic carbocycles. The van der Waals surface area contributed by atoms with Gasteiger partial charge in [0, 0.05) is 64.4 Å². The molecule has 1 aliphatic heterocycles. The molecule has 0 saturated carbocycles. The van der Waals surface area contributed by atoms with Crippen LogP contribution in [0.5, 0.6) is 5.75 Å². The lowest BCUT2D eigenvalue weighted by molar-refractivity contribution is -0.119. The number of nitrogens with one attached hydrogen (secondary N) is 2. The summed E-state index contributed by atoms with van der Waals surface area (Å²) in [6, 6.07) is 13.4. The molecule has 9 heteroatoms. The second-order valence-corrected chi connectivity index (χ2v) is 8.17. The topological polar surface area (TPSA) is 92.4 Å². The van der Waals surface area contributed by atoms with Crippen LogP contribution in [0.25, 0.3) is 0 Å². The molecule has 0 atom stereocenters. The minimum Gasteiger partial charge on any atom is -0.495 e. The van der Waals surface area contributed by atoms with E-state index >= 15 is 0 Å². The van der Waals surface area contributed by atoms with Gasteiger partial charge < -0.3 is 34.6 Å². The van der Waals surface area contributed by atoms with E-state index in [9.17, 15) is 9.59 Å². The highest BCUT2D eigenvalue weighted by atomic mass is 16.5. The fourth-order valence-corrected chi connectivity index (χ4v) is 4.09. The Hall–Kier alpha value is -3.30. The van der Waals surface area contributed by atoms with Gasteiger partial charge in [0.05, 0.1) is 18.4 Å². The molecule has 2 aromatic rings. The van der Waals surface area contributed by atoms with E-state index in [-0.39, 0.29) is 18.4 Å². The first-order valence-corrected chi connectivity index (χ1v) is 12.0. The number of methoxy groups -OCH3 is 2. The molecule has 1 fully saturated rings. The highest BCUT2D eigenvalue weighted by Crippen LogP contribution is 2.31. The van der Waals surface area contributed by atoms with Gasteiger partial charge in [-0.15, -0.1) is 0 Å². The smallest absolute Gasteiger partial charge is 0.253 e. The average Bonchev–Trinajstić information content (AvgIpc) is 2.88. The van der Waals surface area contributed by atoms with Crippen LogP contribution in [0.15, 0.2) is 42.5 Å². The van der Waals surface area contributed by atoms with Crippen LogP contribution in [-0.4, -0.2) is 78.6 Å². The molecule has 190 valence electrons. The number of nitrogens with zero attached hydrogens (tertiary/aromatic N) is 2. The van der Waals surface area contributed by atoms with E-state index in [4.69, 9.17) is 14.2 Å². The zero-order chi connectivity index (χ0) is 25.0. The van der Waals surface area contributed by atoms with Crippen molar-refractivity contribution in [3.63, 3.8) is 0 Å². The Morgan fingerprint density at radius 1 is 0.971 bits per heavy atom. The van der Waals surface area contributed by atoms with Crippen molar-refractivity contribution in [2.75, 3.05) is 81.9 Å². The van der Waals surface area contributed by atoms with Crippen molar-refractivity contribution >= 4 is 28.9 Å². The number of rotatable bonds is 12. The van der Waals surface area contributed by atoms with Crippen molar-refractivity contribution in [1.82, 2.24) is 5.32 Å². The third-order valence-electron chi connectivity index (χ3n) is 5.80. The number of carbonyl (C=O) groups is 2. The number of piperazine rings is 1. The van der Waals surface area contributed by atoms with Gasteiger partial charge in [-0.1, -0.05) is 12.1 Å². The zero-order valence-electron chi connectivity index (χ0n) is 20.8. The van der Waals surface area contributed by atoms with E-state index in [1.165, 1.54) is 7.11 Å². The second-order valence-electron chi connectivity index (χ2n) is 8.17. The number of anilines is 3. The number of hydrogen-bond donors (Lipinski definition) is 2. The van der Waals surface area contributed by atoms with Crippen molar-refractivity contribution in [3.05, 3.63) is 48.0 Å². The number of para-hydroxylation sites is 2. The Morgan fingerprint density at radius 2 is 1.69 bits per heavy atom. The molecule has 2 amide bonds. The molecule has 0 aromatic heterocycles. The van der Waals surface area contributed by atoms with Gasteiger partial charge in [-0.05, 0) is 43.7 Å². The summed E-state index contributed by atoms with van der Waals surface area (Å²) in [4.78, 5) is 29.6. The molecule has 2 aromatic carbocycles. The third-order valence-corrected chi connectivity index (χ3v) is 5.80. The standard InChI is InChI=1S/C26H36N4O5/c1-4-35-17-7-12-27-26(32)21-18-20(28-25(31)19-33-2)10-11-22(21)29-13-15-30(16-14-29)23-8-5-6-9-24(23)34-3/h5-6,8-11,18H,4,7,12-17,19H2,1-3H3,(H,27,32)(H,28,31). The molecule has 3 rings (SSSR count). The van der Waals surface area contributed by atoms with Crippen molar-refractivity contribution in [3.8, 4) is 5.75 Å². The summed E-state index contributed by atoms with van der Waals surface area (Å²) in [7, 11) is 3.15. The Labute approximate surface area is 207 Å². The SMILES string of the molecule is CCOCCCNC(=O)c1cc(NC(=O)COC)ccc1N1CCN(c2ccccc2OC)CC1. The maximum Gasteiger partial charge on any atom is 0.253 e. The number of hydrogen-bond acceptors (Lipinski definition) is 7. The van der Waals surface area contributed by atoms with Gasteiger partial charge in [-0.3, -0.25) is 9.59 Å². The molecular weight excluding hydrogens is 448 g/mol. The molecule has 1 aliphatic rings. The third kappa shape index (κ3) is 7.34. The van der Waals surface area contributed by atoms with Crippen molar-refractivity contribution < 1.29 is 23.8 Å². The summed E-state index contributed by atoms with van der Waals surface area (Å²) in [6.07, 6.45) is 0.733. The maximum absolute atomic E-state index is 13.1. The highest BCUT2D eigenvalue weighted by Gasteiger charge is 2.23. The number of carbonyl (C=O) groups excluding carboxylic acids is 2. The quantitative estimate of drug-likeness (QED) is 0.448. The van der Waals surface area contributed by atoms with Gasteiger partial charge in [0.2, 0.25) is 5.91 Å². The van der Waals surface area contributed by atoms with E-state index < -0.39 is 0 Å². The van der Waals surface area contributed by atoms with Crippen LogP contribution in [0.2, 0.25) is 0 Å². The Kier molecular flexibility index (Phi) is 10.2. The lowest BCUT2D eigenvalue weighted by atomic mass is 10.1. The lowest BCUT2D eigenvalue weighted by Gasteiger charge is -2.38. The van der Waals surface area contributed by atoms with Crippen LogP contribution in [-0.2, 0) is 14.3 Å². The van der Waals surface area contributed by atoms with Gasteiger partial charge in [-0.25, -0.2) is 0 Å². The van der Waals surface area contributed by atoms with E-state index in [0.29, 0.717) is 31.0 Å². The summed E-state index contributed by atoms with van der Waals surface area (Å²) in [5, 5.41) is 5.77. The number of amides is 2. The molecule has 0 unspecified atom stereocenters. The Balaban J connectivity index is 1.74. The largest absolute Gasteiger partial charge is 0.495 e. The summed E-state index contributed by atoms with van der Waals surface area (Å²) in [6.45, 7) is 6.75. The molecule has 1 heterocycles. The molecule has 1 saturated heterocycles. The summed E-state index contributed by atoms with van der Waals surface area (Å²) in [5.74, 6) is 0.407. The Bertz CT molecular complexity index is 976. The monoisotopic (exact) mass is 484 g/mol. The van der Waals surface area contributed by atoms with E-state index in [1.54, 1.807) is 13.2 Å². The predicted octanol–water partition coefficient (Wildman–Crippen LogP) is 2.76. The van der Waals surface area contributed by atoms with E-state index in [2.05, 4.69) is 26.5 Å². The van der Waals surface area contributed by atoms with Crippen molar-refractivity contribution in [2.24, 2.45) is 0 Å². The Morgan fingerprint density at radius 3 is 2.37 bits per heavy atom. The van der Waals surface area contributed by atoms with Crippen molar-refractivity contribution in [1.29, 1.82) is 0 Å². The molecule has 0 bridgehead atoms. The lowest BCUT2D eigenvalue weighted by Crippen LogP contribution is -2.47. The molecule has 0 spiro atoms. The normalized spacial score (nSPS) is 13.5. The highest BCUT2D eigenvalue weighted by molar-refractivity contribution is 6.02. The summed E-state index contributed by atoms with van der Waals surface area (Å²) < 4.78 is 15.8. The zero-order valence-corrected chi connectivity index (χ0v) is 20.8. The van der Waals surface area contributed by atoms with Crippen molar-refractivity contribution in [2.45, 2.75) is 13.3 Å².